The summed E-state index contributed by atoms with van der Waals surface area (Å²) in [6, 6.07) is 51.1. The molecule has 2 aliphatic heterocycles. The summed E-state index contributed by atoms with van der Waals surface area (Å²) in [5.74, 6) is 0. The molecule has 0 atom stereocenters. The summed E-state index contributed by atoms with van der Waals surface area (Å²) >= 11 is 0. The van der Waals surface area contributed by atoms with Crippen molar-refractivity contribution in [1.29, 1.82) is 0 Å². The molecule has 0 radical (unpaired) electrons. The lowest BCUT2D eigenvalue weighted by molar-refractivity contribution is 0.332. The number of benzene rings is 7. The van der Waals surface area contributed by atoms with Crippen molar-refractivity contribution in [2.75, 3.05) is 9.80 Å². The van der Waals surface area contributed by atoms with Gasteiger partial charge in [-0.1, -0.05) is 136 Å². The smallest absolute Gasteiger partial charge is 0.252 e. The first-order valence-corrected chi connectivity index (χ1v) is 23.1. The van der Waals surface area contributed by atoms with Crippen molar-refractivity contribution in [3.63, 3.8) is 0 Å². The number of anilines is 6. The van der Waals surface area contributed by atoms with Gasteiger partial charge in [0.15, 0.2) is 0 Å². The van der Waals surface area contributed by atoms with Crippen molar-refractivity contribution in [3.8, 4) is 11.1 Å². The van der Waals surface area contributed by atoms with E-state index in [1.54, 1.807) is 0 Å². The third kappa shape index (κ3) is 6.22. The minimum absolute atomic E-state index is 0.0208. The van der Waals surface area contributed by atoms with Crippen molar-refractivity contribution in [3.05, 3.63) is 161 Å². The number of nitrogens with zero attached hydrogens (tertiary/aromatic N) is 2. The second-order valence-electron chi connectivity index (χ2n) is 22.2. The van der Waals surface area contributed by atoms with E-state index in [-0.39, 0.29) is 28.4 Å². The molecule has 4 heteroatoms. The van der Waals surface area contributed by atoms with E-state index in [0.717, 1.165) is 33.2 Å². The summed E-state index contributed by atoms with van der Waals surface area (Å²) in [6.07, 6.45) is 2.35. The Labute approximate surface area is 374 Å². The van der Waals surface area contributed by atoms with Gasteiger partial charge in [0.1, 0.15) is 11.2 Å². The summed E-state index contributed by atoms with van der Waals surface area (Å²) < 4.78 is 6.32. The van der Waals surface area contributed by atoms with Crippen molar-refractivity contribution >= 4 is 79.2 Å². The maximum Gasteiger partial charge on any atom is 0.252 e. The molecule has 11 rings (SSSR count). The molecule has 3 nitrogen and oxygen atoms in total. The molecule has 3 heterocycles. The predicted octanol–water partition coefficient (Wildman–Crippen LogP) is 14.6. The van der Waals surface area contributed by atoms with Crippen LogP contribution < -0.4 is 26.2 Å². The Hall–Kier alpha value is -6.00. The summed E-state index contributed by atoms with van der Waals surface area (Å²) in [5.41, 5.74) is 22.9. The van der Waals surface area contributed by atoms with E-state index in [2.05, 4.69) is 213 Å². The highest BCUT2D eigenvalue weighted by Gasteiger charge is 2.46. The zero-order valence-electron chi connectivity index (χ0n) is 39.0. The number of hydrogen-bond acceptors (Lipinski definition) is 3. The third-order valence-corrected chi connectivity index (χ3v) is 14.9. The van der Waals surface area contributed by atoms with Gasteiger partial charge in [0.25, 0.3) is 6.71 Å². The Kier molecular flexibility index (Phi) is 8.54. The molecule has 1 aromatic heterocycles. The van der Waals surface area contributed by atoms with Gasteiger partial charge in [-0.25, -0.2) is 0 Å². The Balaban J connectivity index is 1.14. The Morgan fingerprint density at radius 3 is 1.67 bits per heavy atom. The van der Waals surface area contributed by atoms with E-state index in [9.17, 15) is 0 Å². The van der Waals surface area contributed by atoms with Crippen LogP contribution in [0.3, 0.4) is 0 Å². The number of rotatable bonds is 3. The first-order valence-electron chi connectivity index (χ1n) is 23.1. The number of furan rings is 1. The van der Waals surface area contributed by atoms with Gasteiger partial charge < -0.3 is 14.2 Å². The van der Waals surface area contributed by atoms with Crippen LogP contribution in [0, 0.1) is 6.92 Å². The van der Waals surface area contributed by atoms with E-state index >= 15 is 0 Å². The average Bonchev–Trinajstić information content (AvgIpc) is 3.62. The lowest BCUT2D eigenvalue weighted by atomic mass is 9.33. The fraction of sp³-hybridized carbons (Fsp3) is 0.288. The normalized spacial score (nSPS) is 16.2. The van der Waals surface area contributed by atoms with Gasteiger partial charge in [-0.05, 0) is 163 Å². The molecule has 7 aromatic carbocycles. The highest BCUT2D eigenvalue weighted by atomic mass is 16.3. The van der Waals surface area contributed by atoms with Gasteiger partial charge in [0, 0.05) is 44.9 Å². The minimum Gasteiger partial charge on any atom is -0.456 e. The van der Waals surface area contributed by atoms with E-state index in [1.807, 2.05) is 6.07 Å². The molecule has 0 N–H and O–H groups in total. The van der Waals surface area contributed by atoms with Crippen molar-refractivity contribution in [1.82, 2.24) is 0 Å². The minimum atomic E-state index is -0.0208. The van der Waals surface area contributed by atoms with E-state index in [0.29, 0.717) is 0 Å². The van der Waals surface area contributed by atoms with E-state index in [1.165, 1.54) is 91.0 Å². The second-order valence-corrected chi connectivity index (χ2v) is 22.2. The molecular formula is C59H59BN2O. The van der Waals surface area contributed by atoms with Crippen molar-refractivity contribution < 1.29 is 4.42 Å². The van der Waals surface area contributed by atoms with Gasteiger partial charge in [-0.3, -0.25) is 0 Å². The zero-order chi connectivity index (χ0) is 44.0. The molecular weight excluding hydrogens is 763 g/mol. The van der Waals surface area contributed by atoms with Crippen LogP contribution in [-0.2, 0) is 21.7 Å². The molecule has 0 spiro atoms. The lowest BCUT2D eigenvalue weighted by Gasteiger charge is -2.47. The predicted molar refractivity (Wildman–Crippen MR) is 271 cm³/mol. The summed E-state index contributed by atoms with van der Waals surface area (Å²) in [4.78, 5) is 5.17. The standard InChI is InChI=1S/C59H59BN2O/c1-36-30-51-55-52(31-36)62(42-24-19-39(20-25-42)56(2,3)4)50-35-46-45(58(8,9)28-29-59(46,10)11)34-48(50)60(55)47-27-21-40(57(5,6)7)33-49(47)61(51)41-22-16-37(17-23-41)38-18-26-44-43-14-12-13-15-53(43)63-54(44)32-38/h12-27,30-35H,28-29H2,1-11H3. The molecule has 0 saturated carbocycles. The molecule has 8 aromatic rings. The van der Waals surface area contributed by atoms with Crippen LogP contribution in [0.25, 0.3) is 33.1 Å². The maximum atomic E-state index is 6.32. The van der Waals surface area contributed by atoms with Crippen LogP contribution in [0.4, 0.5) is 34.1 Å². The number of aryl methyl sites for hydroxylation is 1. The van der Waals surface area contributed by atoms with Crippen molar-refractivity contribution in [2.24, 2.45) is 0 Å². The van der Waals surface area contributed by atoms with Crippen LogP contribution in [-0.4, -0.2) is 6.71 Å². The second kappa shape index (κ2) is 13.5. The average molecular weight is 823 g/mol. The third-order valence-electron chi connectivity index (χ3n) is 14.9. The van der Waals surface area contributed by atoms with Gasteiger partial charge in [-0.2, -0.15) is 0 Å². The topological polar surface area (TPSA) is 19.6 Å². The van der Waals surface area contributed by atoms with Gasteiger partial charge in [-0.15, -0.1) is 0 Å². The van der Waals surface area contributed by atoms with Crippen LogP contribution in [0.2, 0.25) is 0 Å². The fourth-order valence-corrected chi connectivity index (χ4v) is 11.0. The molecule has 3 aliphatic rings. The SMILES string of the molecule is Cc1cc2c3c(c1)N(c1ccc(C(C)(C)C)cc1)c1cc4c(cc1B3c1ccc(C(C)(C)C)cc1N2c1ccc(-c2ccc3c(c2)oc2ccccc23)cc1)C(C)(C)CCC4(C)C. The largest absolute Gasteiger partial charge is 0.456 e. The van der Waals surface area contributed by atoms with Crippen LogP contribution in [0.5, 0.6) is 0 Å². The number of hydrogen-bond donors (Lipinski definition) is 0. The number of para-hydroxylation sites is 1. The molecule has 0 fully saturated rings. The van der Waals surface area contributed by atoms with Crippen LogP contribution in [0.15, 0.2) is 138 Å². The quantitative estimate of drug-likeness (QED) is 0.166. The van der Waals surface area contributed by atoms with Crippen LogP contribution >= 0.6 is 0 Å². The van der Waals surface area contributed by atoms with E-state index in [4.69, 9.17) is 4.42 Å². The van der Waals surface area contributed by atoms with Crippen LogP contribution in [0.1, 0.15) is 110 Å². The highest BCUT2D eigenvalue weighted by Crippen LogP contribution is 2.51. The summed E-state index contributed by atoms with van der Waals surface area (Å²) in [6.45, 7) is 26.1. The maximum absolute atomic E-state index is 6.32. The molecule has 0 saturated heterocycles. The summed E-state index contributed by atoms with van der Waals surface area (Å²) in [7, 11) is 0. The van der Waals surface area contributed by atoms with Gasteiger partial charge in [0.2, 0.25) is 0 Å². The first-order chi connectivity index (χ1) is 29.9. The highest BCUT2D eigenvalue weighted by molar-refractivity contribution is 7.00. The lowest BCUT2D eigenvalue weighted by Crippen LogP contribution is -2.62. The summed E-state index contributed by atoms with van der Waals surface area (Å²) in [5, 5.41) is 2.31. The molecule has 314 valence electrons. The molecule has 0 unspecified atom stereocenters. The fourth-order valence-electron chi connectivity index (χ4n) is 11.0. The van der Waals surface area contributed by atoms with Crippen molar-refractivity contribution in [2.45, 2.75) is 111 Å². The first kappa shape index (κ1) is 39.8. The molecule has 63 heavy (non-hydrogen) atoms. The Bertz CT molecular complexity index is 3150. The molecule has 1 aliphatic carbocycles. The monoisotopic (exact) mass is 822 g/mol. The van der Waals surface area contributed by atoms with E-state index < -0.39 is 0 Å². The zero-order valence-corrected chi connectivity index (χ0v) is 39.0. The van der Waals surface area contributed by atoms with Gasteiger partial charge in [0.05, 0.1) is 0 Å². The van der Waals surface area contributed by atoms with Gasteiger partial charge >= 0.3 is 0 Å². The molecule has 0 amide bonds. The molecule has 0 bridgehead atoms. The Morgan fingerprint density at radius 2 is 1.03 bits per heavy atom. The number of fused-ring (bicyclic) bond motifs is 8. The Morgan fingerprint density at radius 1 is 0.492 bits per heavy atom.